The molecule has 0 spiro atoms. The van der Waals surface area contributed by atoms with Crippen LogP contribution in [-0.4, -0.2) is 52.7 Å². The highest BCUT2D eigenvalue weighted by molar-refractivity contribution is 7.09. The van der Waals surface area contributed by atoms with E-state index in [0.717, 1.165) is 5.13 Å². The van der Waals surface area contributed by atoms with Crippen LogP contribution in [0.5, 0.6) is 0 Å². The van der Waals surface area contributed by atoms with E-state index in [9.17, 15) is 13.2 Å². The van der Waals surface area contributed by atoms with Crippen LogP contribution in [0.15, 0.2) is 0 Å². The highest BCUT2D eigenvalue weighted by Crippen LogP contribution is 2.24. The quantitative estimate of drug-likeness (QED) is 0.828. The number of halogens is 3. The molecule has 0 saturated carbocycles. The van der Waals surface area contributed by atoms with Gasteiger partial charge in [-0.15, -0.1) is 0 Å². The summed E-state index contributed by atoms with van der Waals surface area (Å²) in [5.41, 5.74) is 0. The molecule has 1 saturated heterocycles. The summed E-state index contributed by atoms with van der Waals surface area (Å²) in [7, 11) is 0. The van der Waals surface area contributed by atoms with Crippen LogP contribution in [0.2, 0.25) is 0 Å². The van der Waals surface area contributed by atoms with Crippen LogP contribution in [0.3, 0.4) is 0 Å². The summed E-state index contributed by atoms with van der Waals surface area (Å²) in [6.45, 7) is 4.31. The summed E-state index contributed by atoms with van der Waals surface area (Å²) in [4.78, 5) is 7.73. The zero-order valence-electron chi connectivity index (χ0n) is 10.2. The fourth-order valence-electron chi connectivity index (χ4n) is 2.05. The average Bonchev–Trinajstić information content (AvgIpc) is 2.66. The van der Waals surface area contributed by atoms with Gasteiger partial charge in [-0.05, 0) is 13.8 Å². The average molecular weight is 280 g/mol. The molecular formula is C10H15F3N4S. The van der Waals surface area contributed by atoms with Gasteiger partial charge in [0.25, 0.3) is 0 Å². The molecular weight excluding hydrogens is 265 g/mol. The molecule has 2 rings (SSSR count). The number of alkyl halides is 3. The molecule has 0 amide bonds. The van der Waals surface area contributed by atoms with Crippen LogP contribution in [-0.2, 0) is 0 Å². The second-order valence-corrected chi connectivity index (χ2v) is 5.24. The molecule has 0 aromatic carbocycles. The van der Waals surface area contributed by atoms with Gasteiger partial charge in [-0.2, -0.15) is 17.5 Å². The highest BCUT2D eigenvalue weighted by atomic mass is 32.1. The van der Waals surface area contributed by atoms with E-state index >= 15 is 0 Å². The van der Waals surface area contributed by atoms with Crippen LogP contribution in [0.25, 0.3) is 0 Å². The molecule has 0 radical (unpaired) electrons. The van der Waals surface area contributed by atoms with E-state index in [-0.39, 0.29) is 6.04 Å². The van der Waals surface area contributed by atoms with Crippen molar-refractivity contribution in [1.29, 1.82) is 0 Å². The van der Waals surface area contributed by atoms with Gasteiger partial charge in [0.1, 0.15) is 5.82 Å². The van der Waals surface area contributed by atoms with Crippen molar-refractivity contribution in [2.24, 2.45) is 0 Å². The molecule has 4 nitrogen and oxygen atoms in total. The number of aromatic nitrogens is 2. The van der Waals surface area contributed by atoms with E-state index in [1.54, 1.807) is 0 Å². The van der Waals surface area contributed by atoms with Gasteiger partial charge in [0.05, 0.1) is 6.54 Å². The first-order valence-electron chi connectivity index (χ1n) is 5.71. The van der Waals surface area contributed by atoms with E-state index in [1.165, 1.54) is 16.4 Å². The summed E-state index contributed by atoms with van der Waals surface area (Å²) < 4.78 is 41.2. The molecule has 1 aliphatic heterocycles. The number of anilines is 1. The van der Waals surface area contributed by atoms with Gasteiger partial charge in [-0.3, -0.25) is 4.90 Å². The van der Waals surface area contributed by atoms with Gasteiger partial charge in [0.2, 0.25) is 5.13 Å². The smallest absolute Gasteiger partial charge is 0.344 e. The van der Waals surface area contributed by atoms with Gasteiger partial charge in [0, 0.05) is 37.2 Å². The van der Waals surface area contributed by atoms with Crippen LogP contribution >= 0.6 is 11.5 Å². The fourth-order valence-corrected chi connectivity index (χ4v) is 2.76. The summed E-state index contributed by atoms with van der Waals surface area (Å²) in [5, 5.41) is 0.797. The Morgan fingerprint density at radius 1 is 1.39 bits per heavy atom. The Labute approximate surface area is 108 Å². The Balaban J connectivity index is 1.96. The van der Waals surface area contributed by atoms with E-state index in [0.29, 0.717) is 25.5 Å². The molecule has 8 heteroatoms. The van der Waals surface area contributed by atoms with Crippen molar-refractivity contribution >= 4 is 16.7 Å². The predicted molar refractivity (Wildman–Crippen MR) is 63.9 cm³/mol. The molecule has 1 aromatic heterocycles. The first kappa shape index (κ1) is 13.5. The number of hydrogen-bond donors (Lipinski definition) is 0. The first-order valence-corrected chi connectivity index (χ1v) is 6.48. The van der Waals surface area contributed by atoms with Crippen molar-refractivity contribution in [3.05, 3.63) is 5.82 Å². The van der Waals surface area contributed by atoms with Crippen LogP contribution < -0.4 is 4.90 Å². The van der Waals surface area contributed by atoms with Crippen LogP contribution in [0.1, 0.15) is 12.7 Å². The van der Waals surface area contributed by atoms with Gasteiger partial charge in [0.15, 0.2) is 0 Å². The Hall–Kier alpha value is -0.890. The van der Waals surface area contributed by atoms with Crippen molar-refractivity contribution in [2.75, 3.05) is 31.1 Å². The van der Waals surface area contributed by atoms with Gasteiger partial charge < -0.3 is 4.90 Å². The molecule has 0 aliphatic carbocycles. The third-order valence-electron chi connectivity index (χ3n) is 2.93. The minimum absolute atomic E-state index is 0.135. The maximum absolute atomic E-state index is 12.4. The first-order chi connectivity index (χ1) is 8.35. The monoisotopic (exact) mass is 280 g/mol. The zero-order valence-corrected chi connectivity index (χ0v) is 11.1. The Kier molecular flexibility index (Phi) is 3.76. The van der Waals surface area contributed by atoms with E-state index in [1.807, 2.05) is 18.7 Å². The molecule has 1 aromatic rings. The lowest BCUT2D eigenvalue weighted by molar-refractivity contribution is -0.150. The Morgan fingerprint density at radius 2 is 2.11 bits per heavy atom. The van der Waals surface area contributed by atoms with Crippen molar-refractivity contribution in [2.45, 2.75) is 26.1 Å². The third-order valence-corrected chi connectivity index (χ3v) is 3.80. The second-order valence-electron chi connectivity index (χ2n) is 4.50. The van der Waals surface area contributed by atoms with Gasteiger partial charge >= 0.3 is 6.18 Å². The SMILES string of the molecule is Cc1nsc(N2CCN(CC(F)(F)F)C(C)C2)n1. The molecule has 1 aliphatic rings. The molecule has 1 unspecified atom stereocenters. The summed E-state index contributed by atoms with van der Waals surface area (Å²) in [6, 6.07) is -0.135. The van der Waals surface area contributed by atoms with Crippen molar-refractivity contribution in [1.82, 2.24) is 14.3 Å². The lowest BCUT2D eigenvalue weighted by Gasteiger charge is -2.39. The van der Waals surface area contributed by atoms with E-state index in [2.05, 4.69) is 9.36 Å². The maximum Gasteiger partial charge on any atom is 0.401 e. The molecule has 0 N–H and O–H groups in total. The predicted octanol–water partition coefficient (Wildman–Crippen LogP) is 1.92. The van der Waals surface area contributed by atoms with E-state index in [4.69, 9.17) is 0 Å². The van der Waals surface area contributed by atoms with Gasteiger partial charge in [-0.1, -0.05) is 0 Å². The van der Waals surface area contributed by atoms with E-state index < -0.39 is 12.7 Å². The molecule has 2 heterocycles. The van der Waals surface area contributed by atoms with Crippen molar-refractivity contribution in [3.8, 4) is 0 Å². The topological polar surface area (TPSA) is 32.3 Å². The van der Waals surface area contributed by atoms with Gasteiger partial charge in [-0.25, -0.2) is 4.98 Å². The summed E-state index contributed by atoms with van der Waals surface area (Å²) >= 11 is 1.30. The number of aryl methyl sites for hydroxylation is 1. The molecule has 1 fully saturated rings. The number of rotatable bonds is 2. The zero-order chi connectivity index (χ0) is 13.3. The third kappa shape index (κ3) is 3.32. The van der Waals surface area contributed by atoms with Crippen molar-refractivity contribution < 1.29 is 13.2 Å². The number of piperazine rings is 1. The molecule has 1 atom stereocenters. The standard InChI is InChI=1S/C10H15F3N4S/c1-7-5-16(9-14-8(2)15-18-9)3-4-17(7)6-10(11,12)13/h7H,3-6H2,1-2H3. The lowest BCUT2D eigenvalue weighted by atomic mass is 10.2. The minimum atomic E-state index is -4.13. The Bertz CT molecular complexity index is 406. The highest BCUT2D eigenvalue weighted by Gasteiger charge is 2.35. The maximum atomic E-state index is 12.4. The minimum Gasteiger partial charge on any atom is -0.344 e. The summed E-state index contributed by atoms with van der Waals surface area (Å²) in [5.74, 6) is 0.709. The van der Waals surface area contributed by atoms with Crippen molar-refractivity contribution in [3.63, 3.8) is 0 Å². The molecule has 102 valence electrons. The second kappa shape index (κ2) is 5.00. The molecule has 18 heavy (non-hydrogen) atoms. The van der Waals surface area contributed by atoms with Crippen LogP contribution in [0, 0.1) is 6.92 Å². The number of hydrogen-bond acceptors (Lipinski definition) is 5. The lowest BCUT2D eigenvalue weighted by Crippen LogP contribution is -2.54. The fraction of sp³-hybridized carbons (Fsp3) is 0.800. The molecule has 0 bridgehead atoms. The largest absolute Gasteiger partial charge is 0.401 e. The summed E-state index contributed by atoms with van der Waals surface area (Å²) in [6.07, 6.45) is -4.13. The Morgan fingerprint density at radius 3 is 2.61 bits per heavy atom. The normalized spacial score (nSPS) is 22.5. The van der Waals surface area contributed by atoms with Crippen LogP contribution in [0.4, 0.5) is 18.3 Å². The number of nitrogens with zero attached hydrogens (tertiary/aromatic N) is 4.